The fourth-order valence-corrected chi connectivity index (χ4v) is 10.9. The lowest BCUT2D eigenvalue weighted by atomic mass is 9.36. The van der Waals surface area contributed by atoms with Crippen LogP contribution in [0.25, 0.3) is 10.4 Å². The molecule has 4 aliphatic rings. The molecule has 0 aromatic heterocycles. The molecule has 12 atom stereocenters. The highest BCUT2D eigenvalue weighted by molar-refractivity contribution is 5.90. The van der Waals surface area contributed by atoms with E-state index < -0.39 is 65.9 Å². The Morgan fingerprint density at radius 3 is 2.37 bits per heavy atom. The predicted molar refractivity (Wildman–Crippen MR) is 196 cm³/mol. The summed E-state index contributed by atoms with van der Waals surface area (Å²) in [6.07, 6.45) is 0.191. The number of hydrogen-bond acceptors (Lipinski definition) is 9. The topological polar surface area (TPSA) is 168 Å². The summed E-state index contributed by atoms with van der Waals surface area (Å²) >= 11 is 0. The Hall–Kier alpha value is -3.40. The average Bonchev–Trinajstić information content (AvgIpc) is 3.37. The number of rotatable bonds is 10. The molecule has 52 heavy (non-hydrogen) atoms. The average molecular weight is 726 g/mol. The zero-order chi connectivity index (χ0) is 40.0. The van der Waals surface area contributed by atoms with Crippen LogP contribution in [0.1, 0.15) is 121 Å². The van der Waals surface area contributed by atoms with Crippen molar-refractivity contribution in [2.45, 2.75) is 138 Å². The van der Waals surface area contributed by atoms with E-state index in [1.165, 1.54) is 6.92 Å². The molecule has 2 N–H and O–H groups in total. The molecule has 2 unspecified atom stereocenters. The maximum atomic E-state index is 14.2. The van der Waals surface area contributed by atoms with E-state index in [2.05, 4.69) is 37.7 Å². The van der Waals surface area contributed by atoms with Gasteiger partial charge < -0.3 is 24.4 Å². The van der Waals surface area contributed by atoms with E-state index in [0.717, 1.165) is 19.3 Å². The molecule has 11 nitrogen and oxygen atoms in total. The molecule has 11 heteroatoms. The third-order valence-electron chi connectivity index (χ3n) is 13.5. The number of carbonyl (C=O) groups is 3. The Labute approximate surface area is 311 Å². The first-order valence-electron chi connectivity index (χ1n) is 19.9. The van der Waals surface area contributed by atoms with Crippen molar-refractivity contribution in [2.24, 2.45) is 50.4 Å². The van der Waals surface area contributed by atoms with Gasteiger partial charge in [-0.25, -0.2) is 4.79 Å². The van der Waals surface area contributed by atoms with Crippen LogP contribution in [-0.4, -0.2) is 53.2 Å². The Kier molecular flexibility index (Phi) is 10.8. The van der Waals surface area contributed by atoms with Crippen molar-refractivity contribution >= 4 is 23.6 Å². The Morgan fingerprint density at radius 1 is 1.04 bits per heavy atom. The molecule has 0 bridgehead atoms. The second-order valence-corrected chi connectivity index (χ2v) is 17.5. The first-order chi connectivity index (χ1) is 25.2. The fourth-order valence-electron chi connectivity index (χ4n) is 10.9. The maximum Gasteiger partial charge on any atom is 0.336 e. The van der Waals surface area contributed by atoms with Crippen molar-refractivity contribution in [1.82, 2.24) is 0 Å². The van der Waals surface area contributed by atoms with Gasteiger partial charge in [0.1, 0.15) is 6.10 Å². The molecule has 0 amide bonds. The molecule has 0 aliphatic heterocycles. The summed E-state index contributed by atoms with van der Waals surface area (Å²) in [5, 5.41) is 26.7. The zero-order valence-corrected chi connectivity index (χ0v) is 32.1. The summed E-state index contributed by atoms with van der Waals surface area (Å²) in [7, 11) is 0. The number of azide groups is 1. The Morgan fingerprint density at radius 2 is 1.73 bits per heavy atom. The van der Waals surface area contributed by atoms with Crippen molar-refractivity contribution in [2.75, 3.05) is 6.79 Å². The predicted octanol–water partition coefficient (Wildman–Crippen LogP) is 8.28. The zero-order valence-electron chi connectivity index (χ0n) is 34.1. The van der Waals surface area contributed by atoms with Crippen LogP contribution in [0.5, 0.6) is 0 Å². The molecule has 4 fully saturated rings. The van der Waals surface area contributed by atoms with Crippen molar-refractivity contribution in [1.29, 1.82) is 0 Å². The molecule has 0 heterocycles. The summed E-state index contributed by atoms with van der Waals surface area (Å²) in [4.78, 5) is 42.3. The van der Waals surface area contributed by atoms with Crippen molar-refractivity contribution in [3.8, 4) is 0 Å². The van der Waals surface area contributed by atoms with E-state index in [0.29, 0.717) is 36.1 Å². The quantitative estimate of drug-likeness (QED) is 0.0607. The van der Waals surface area contributed by atoms with E-state index in [1.807, 2.05) is 0 Å². The lowest BCUT2D eigenvalue weighted by Gasteiger charge is -2.69. The highest BCUT2D eigenvalue weighted by Gasteiger charge is 2.70. The van der Waals surface area contributed by atoms with Gasteiger partial charge in [-0.3, -0.25) is 9.59 Å². The van der Waals surface area contributed by atoms with E-state index in [4.69, 9.17) is 22.5 Å². The molecule has 0 radical (unpaired) electrons. The van der Waals surface area contributed by atoms with Gasteiger partial charge in [-0.1, -0.05) is 57.1 Å². The number of aliphatic hydroxyl groups is 2. The minimum absolute atomic E-state index is 0.0253. The van der Waals surface area contributed by atoms with Gasteiger partial charge in [0, 0.05) is 25.8 Å². The highest BCUT2D eigenvalue weighted by atomic mass is 16.7. The monoisotopic (exact) mass is 725 g/mol. The molecule has 1 aromatic rings. The molecular weight excluding hydrogens is 662 g/mol. The minimum atomic E-state index is -0.984. The number of fused-ring (bicyclic) bond motifs is 5. The van der Waals surface area contributed by atoms with Crippen molar-refractivity contribution in [3.05, 3.63) is 51.4 Å². The molecule has 4 aliphatic carbocycles. The second kappa shape index (κ2) is 15.2. The summed E-state index contributed by atoms with van der Waals surface area (Å²) < 4.78 is 34.8. The normalized spacial score (nSPS) is 38.1. The summed E-state index contributed by atoms with van der Waals surface area (Å²) in [6, 6.07) is 6.46. The number of benzene rings is 1. The second-order valence-electron chi connectivity index (χ2n) is 17.5. The van der Waals surface area contributed by atoms with Crippen molar-refractivity contribution in [3.63, 3.8) is 0 Å². The number of carbonyl (C=O) groups excluding carboxylic acids is 3. The highest BCUT2D eigenvalue weighted by Crippen LogP contribution is 2.74. The number of esters is 3. The van der Waals surface area contributed by atoms with Crippen LogP contribution < -0.4 is 0 Å². The van der Waals surface area contributed by atoms with E-state index in [1.54, 1.807) is 45.0 Å². The molecule has 4 saturated carbocycles. The number of aliphatic hydroxyl groups excluding tert-OH is 2. The number of aryl methyl sites for hydroxylation is 1. The summed E-state index contributed by atoms with van der Waals surface area (Å²) in [5.41, 5.74) is 8.52. The first-order valence-corrected chi connectivity index (χ1v) is 18.8. The lowest BCUT2D eigenvalue weighted by molar-refractivity contribution is -0.234. The van der Waals surface area contributed by atoms with Gasteiger partial charge in [0.05, 0.1) is 17.6 Å². The maximum absolute atomic E-state index is 14.2. The van der Waals surface area contributed by atoms with Crippen LogP contribution in [-0.2, 0) is 35.0 Å². The van der Waals surface area contributed by atoms with Gasteiger partial charge in [0.25, 0.3) is 0 Å². The van der Waals surface area contributed by atoms with E-state index in [-0.39, 0.29) is 53.6 Å². The van der Waals surface area contributed by atoms with Crippen LogP contribution in [0.2, 0.25) is 0 Å². The molecule has 5 rings (SSSR count). The Bertz CT molecular complexity index is 1670. The van der Waals surface area contributed by atoms with Crippen LogP contribution in [0.3, 0.4) is 0 Å². The van der Waals surface area contributed by atoms with Gasteiger partial charge in [-0.2, -0.15) is 0 Å². The van der Waals surface area contributed by atoms with Crippen molar-refractivity contribution < 1.29 is 41.5 Å². The first kappa shape index (κ1) is 36.9. The fraction of sp³-hybridized carbons (Fsp3) is 0.732. The van der Waals surface area contributed by atoms with E-state index in [9.17, 15) is 24.6 Å². The molecular formula is C41H59N3O8. The third kappa shape index (κ3) is 7.38. The molecule has 0 spiro atoms. The minimum Gasteiger partial charge on any atom is -0.458 e. The number of hydrogen-bond donors (Lipinski definition) is 2. The van der Waals surface area contributed by atoms with Gasteiger partial charge in [-0.05, 0) is 142 Å². The van der Waals surface area contributed by atoms with Gasteiger partial charge >= 0.3 is 17.9 Å². The van der Waals surface area contributed by atoms with Crippen LogP contribution in [0, 0.1) is 45.3 Å². The third-order valence-corrected chi connectivity index (χ3v) is 13.5. The standard InChI is InChI=1S/C41H59N3O8/c1-24-29-17-20-40(7)35(39(29,6)19-18-31(24)46)32(47)21-30-34(33(52-25(2)45)22-41(30,40)8)28(36(48)50-23-51-37(49)38(3,4)5)12-10-9-11-26-13-15-27(16-14-26)43-44-42/h13-16,24,29-33,35,46-47H,9-12,17-23H2,1-8H3/b34-28-/t24-,29-,30-,31+,32+,33-,35-,39-,40-,41-/m0/s1/i9T,11T/t9?,11?,24-,29-,30-,31+,32+,33-,35-,39-,40-,41-. The van der Waals surface area contributed by atoms with E-state index >= 15 is 0 Å². The smallest absolute Gasteiger partial charge is 0.336 e. The van der Waals surface area contributed by atoms with Crippen LogP contribution >= 0.6 is 0 Å². The molecule has 0 saturated heterocycles. The van der Waals surface area contributed by atoms with Crippen LogP contribution in [0.4, 0.5) is 5.69 Å². The number of ether oxygens (including phenoxy) is 3. The largest absolute Gasteiger partial charge is 0.458 e. The van der Waals surface area contributed by atoms with Gasteiger partial charge in [0.15, 0.2) is 0 Å². The Balaban J connectivity index is 1.54. The van der Waals surface area contributed by atoms with Gasteiger partial charge in [0.2, 0.25) is 6.79 Å². The molecule has 286 valence electrons. The summed E-state index contributed by atoms with van der Waals surface area (Å²) in [5.74, 6) is -1.91. The van der Waals surface area contributed by atoms with Gasteiger partial charge in [-0.15, -0.1) is 0 Å². The molecule has 1 aromatic carbocycles. The number of nitrogens with zero attached hydrogens (tertiary/aromatic N) is 3. The van der Waals surface area contributed by atoms with Crippen LogP contribution in [0.15, 0.2) is 40.5 Å². The SMILES string of the molecule is [3H]C(CC/C(C(=O)OCOC(=O)C(C)(C)C)=C1/[C@@H](OC(C)=O)C[C@@]2(C)[C@H]1C[C@@H](O)[C@H]1[C@@]3(C)CC[C@@H](O)[C@@H](C)[C@@H]3CC[C@@]12C)C([3H])c1ccc(N=[N+]=[N-])cc1. The summed E-state index contributed by atoms with van der Waals surface area (Å²) in [6.45, 7) is 14.6. The lowest BCUT2D eigenvalue weighted by Crippen LogP contribution is -2.65.